The smallest absolute Gasteiger partial charge is 0.294 e. The van der Waals surface area contributed by atoms with Crippen LogP contribution in [-0.2, 0) is 0 Å². The minimum absolute atomic E-state index is 0.0357. The Labute approximate surface area is 188 Å². The van der Waals surface area contributed by atoms with Crippen LogP contribution in [0.15, 0.2) is 52.2 Å². The van der Waals surface area contributed by atoms with E-state index >= 15 is 0 Å². The van der Waals surface area contributed by atoms with Crippen molar-refractivity contribution in [2.75, 3.05) is 12.5 Å². The number of nitro benzene ring substituents is 1. The van der Waals surface area contributed by atoms with Gasteiger partial charge in [0.25, 0.3) is 11.6 Å². The Hall–Kier alpha value is -5.34. The largest absolute Gasteiger partial charge is 0.454 e. The van der Waals surface area contributed by atoms with Crippen molar-refractivity contribution in [2.24, 2.45) is 5.10 Å². The van der Waals surface area contributed by atoms with Crippen LogP contribution in [0.4, 0.5) is 11.5 Å². The van der Waals surface area contributed by atoms with Crippen molar-refractivity contribution >= 4 is 23.6 Å². The molecule has 0 atom stereocenters. The summed E-state index contributed by atoms with van der Waals surface area (Å²) >= 11 is 0. The van der Waals surface area contributed by atoms with E-state index in [1.54, 1.807) is 18.2 Å². The van der Waals surface area contributed by atoms with Crippen LogP contribution in [0.3, 0.4) is 0 Å². The first-order valence-electron chi connectivity index (χ1n) is 9.53. The predicted octanol–water partition coefficient (Wildman–Crippen LogP) is 1.30. The lowest BCUT2D eigenvalue weighted by molar-refractivity contribution is -0.384. The van der Waals surface area contributed by atoms with Gasteiger partial charge in [0.1, 0.15) is 5.69 Å². The first-order chi connectivity index (χ1) is 16.5. The van der Waals surface area contributed by atoms with Gasteiger partial charge >= 0.3 is 0 Å². The third kappa shape index (κ3) is 3.72. The zero-order valence-electron chi connectivity index (χ0n) is 17.0. The molecule has 15 nitrogen and oxygen atoms in total. The van der Waals surface area contributed by atoms with Gasteiger partial charge in [-0.05, 0) is 46.2 Å². The summed E-state index contributed by atoms with van der Waals surface area (Å²) in [6, 6.07) is 10.6. The normalized spacial score (nSPS) is 12.2. The summed E-state index contributed by atoms with van der Waals surface area (Å²) in [5.74, 6) is 0.305. The Balaban J connectivity index is 1.46. The van der Waals surface area contributed by atoms with Crippen molar-refractivity contribution in [3.8, 4) is 28.6 Å². The zero-order valence-corrected chi connectivity index (χ0v) is 17.0. The Morgan fingerprint density at radius 1 is 1.18 bits per heavy atom. The van der Waals surface area contributed by atoms with Crippen LogP contribution in [0.25, 0.3) is 17.1 Å². The molecule has 1 amide bonds. The van der Waals surface area contributed by atoms with Crippen molar-refractivity contribution in [3.63, 3.8) is 0 Å². The molecule has 4 aromatic rings. The number of nitrogens with one attached hydrogen (secondary N) is 1. The average molecular weight is 463 g/mol. The van der Waals surface area contributed by atoms with Crippen LogP contribution in [-0.4, -0.2) is 49.1 Å². The molecule has 3 heterocycles. The minimum atomic E-state index is -0.688. The van der Waals surface area contributed by atoms with E-state index in [4.69, 9.17) is 15.2 Å². The fourth-order valence-corrected chi connectivity index (χ4v) is 3.12. The maximum Gasteiger partial charge on any atom is 0.294 e. The second kappa shape index (κ2) is 8.30. The number of amides is 1. The summed E-state index contributed by atoms with van der Waals surface area (Å²) in [6.07, 6.45) is 1.33. The molecule has 170 valence electrons. The van der Waals surface area contributed by atoms with E-state index in [0.717, 1.165) is 0 Å². The fraction of sp³-hybridized carbons (Fsp3) is 0.0526. The van der Waals surface area contributed by atoms with E-state index in [1.807, 2.05) is 0 Å². The molecular weight excluding hydrogens is 450 g/mol. The molecule has 0 bridgehead atoms. The van der Waals surface area contributed by atoms with Gasteiger partial charge in [-0.15, -0.1) is 5.10 Å². The number of nitrogens with two attached hydrogens (primary N) is 1. The number of carbonyl (C=O) groups is 1. The maximum absolute atomic E-state index is 12.9. The topological polar surface area (TPSA) is 199 Å². The van der Waals surface area contributed by atoms with E-state index in [-0.39, 0.29) is 35.5 Å². The lowest BCUT2D eigenvalue weighted by Crippen LogP contribution is -2.19. The summed E-state index contributed by atoms with van der Waals surface area (Å²) in [4.78, 5) is 23.1. The SMILES string of the molecule is Nc1nonc1-n1nnc(C(=O)NN=Cc2ccc([N+](=O)[O-])cc2)c1-c1ccc2c(c1)OCO2. The van der Waals surface area contributed by atoms with Crippen LogP contribution >= 0.6 is 0 Å². The molecular formula is C19H13N9O6. The highest BCUT2D eigenvalue weighted by Crippen LogP contribution is 2.37. The number of anilines is 1. The summed E-state index contributed by atoms with van der Waals surface area (Å²) in [7, 11) is 0. The molecule has 2 aromatic carbocycles. The van der Waals surface area contributed by atoms with E-state index in [0.29, 0.717) is 22.6 Å². The minimum Gasteiger partial charge on any atom is -0.454 e. The number of hydrogen-bond acceptors (Lipinski definition) is 12. The van der Waals surface area contributed by atoms with Crippen molar-refractivity contribution in [2.45, 2.75) is 0 Å². The number of carbonyl (C=O) groups excluding carboxylic acids is 1. The van der Waals surface area contributed by atoms with Gasteiger partial charge in [-0.25, -0.2) is 10.1 Å². The number of aromatic nitrogens is 5. The van der Waals surface area contributed by atoms with Gasteiger partial charge in [0.2, 0.25) is 18.4 Å². The number of ether oxygens (including phenoxy) is 2. The number of hydrazone groups is 1. The maximum atomic E-state index is 12.9. The number of nitro groups is 1. The molecule has 34 heavy (non-hydrogen) atoms. The molecule has 0 saturated heterocycles. The Morgan fingerprint density at radius 3 is 2.71 bits per heavy atom. The van der Waals surface area contributed by atoms with Crippen molar-refractivity contribution < 1.29 is 23.8 Å². The molecule has 3 N–H and O–H groups in total. The lowest BCUT2D eigenvalue weighted by Gasteiger charge is -2.07. The highest BCUT2D eigenvalue weighted by molar-refractivity contribution is 5.99. The second-order valence-corrected chi connectivity index (χ2v) is 6.79. The molecule has 15 heteroatoms. The van der Waals surface area contributed by atoms with Crippen molar-refractivity contribution in [3.05, 3.63) is 63.8 Å². The Bertz CT molecular complexity index is 1430. The van der Waals surface area contributed by atoms with Crippen LogP contribution < -0.4 is 20.6 Å². The van der Waals surface area contributed by atoms with Crippen molar-refractivity contribution in [1.29, 1.82) is 0 Å². The van der Waals surface area contributed by atoms with E-state index in [9.17, 15) is 14.9 Å². The highest BCUT2D eigenvalue weighted by atomic mass is 16.7. The molecule has 0 fully saturated rings. The monoisotopic (exact) mass is 463 g/mol. The van der Waals surface area contributed by atoms with Crippen molar-refractivity contribution in [1.82, 2.24) is 30.7 Å². The van der Waals surface area contributed by atoms with Crippen LogP contribution in [0.2, 0.25) is 0 Å². The van der Waals surface area contributed by atoms with E-state index in [1.165, 1.54) is 35.2 Å². The lowest BCUT2D eigenvalue weighted by atomic mass is 10.1. The summed E-state index contributed by atoms with van der Waals surface area (Å²) < 4.78 is 16.6. The van der Waals surface area contributed by atoms with Gasteiger partial charge in [0.15, 0.2) is 17.2 Å². The number of rotatable bonds is 6. The Morgan fingerprint density at radius 2 is 1.97 bits per heavy atom. The van der Waals surface area contributed by atoms with E-state index in [2.05, 4.69) is 35.8 Å². The van der Waals surface area contributed by atoms with Crippen LogP contribution in [0, 0.1) is 10.1 Å². The first kappa shape index (κ1) is 20.6. The summed E-state index contributed by atoms with van der Waals surface area (Å²) in [5, 5.41) is 29.8. The number of fused-ring (bicyclic) bond motifs is 1. The van der Waals surface area contributed by atoms with E-state index < -0.39 is 10.8 Å². The predicted molar refractivity (Wildman–Crippen MR) is 113 cm³/mol. The van der Waals surface area contributed by atoms with Gasteiger partial charge in [-0.3, -0.25) is 14.9 Å². The highest BCUT2D eigenvalue weighted by Gasteiger charge is 2.26. The molecule has 5 rings (SSSR count). The second-order valence-electron chi connectivity index (χ2n) is 6.79. The van der Waals surface area contributed by atoms with Gasteiger partial charge in [-0.1, -0.05) is 5.21 Å². The summed E-state index contributed by atoms with van der Waals surface area (Å²) in [5.41, 5.74) is 9.26. The zero-order chi connectivity index (χ0) is 23.7. The summed E-state index contributed by atoms with van der Waals surface area (Å²) in [6.45, 7) is 0.0706. The molecule has 0 unspecified atom stereocenters. The third-order valence-electron chi connectivity index (χ3n) is 4.71. The molecule has 1 aliphatic heterocycles. The standard InChI is InChI=1S/C19H13N9O6/c20-17-18(25-34-24-17)27-16(11-3-6-13-14(7-11)33-9-32-13)15(22-26-27)19(29)23-21-8-10-1-4-12(5-2-10)28(30)31/h1-8H,9H2,(H2,20,24)(H,23,29). The van der Waals surface area contributed by atoms with Crippen LogP contribution in [0.5, 0.6) is 11.5 Å². The number of nitrogen functional groups attached to an aromatic ring is 1. The third-order valence-corrected chi connectivity index (χ3v) is 4.71. The van der Waals surface area contributed by atoms with Gasteiger partial charge in [0.05, 0.1) is 11.1 Å². The molecule has 2 aromatic heterocycles. The molecule has 0 spiro atoms. The number of benzene rings is 2. The molecule has 0 radical (unpaired) electrons. The van der Waals surface area contributed by atoms with Gasteiger partial charge in [-0.2, -0.15) is 9.78 Å². The number of hydrogen-bond donors (Lipinski definition) is 2. The molecule has 0 aliphatic carbocycles. The number of nitrogens with zero attached hydrogens (tertiary/aromatic N) is 7. The first-order valence-corrected chi connectivity index (χ1v) is 9.53. The van der Waals surface area contributed by atoms with Gasteiger partial charge in [0, 0.05) is 17.7 Å². The fourth-order valence-electron chi connectivity index (χ4n) is 3.12. The Kier molecular flexibility index (Phi) is 5.02. The average Bonchev–Trinajstić information content (AvgIpc) is 3.57. The van der Waals surface area contributed by atoms with Crippen LogP contribution in [0.1, 0.15) is 16.1 Å². The molecule has 0 saturated carbocycles. The van der Waals surface area contributed by atoms with Gasteiger partial charge < -0.3 is 15.2 Å². The number of non-ortho nitro benzene ring substituents is 1. The quantitative estimate of drug-likeness (QED) is 0.237. The molecule has 1 aliphatic rings.